The number of piperidine rings is 1. The minimum absolute atomic E-state index is 0.0731. The van der Waals surface area contributed by atoms with Gasteiger partial charge < -0.3 is 20.1 Å². The summed E-state index contributed by atoms with van der Waals surface area (Å²) in [5, 5.41) is 6.79. The lowest BCUT2D eigenvalue weighted by atomic mass is 9.79. The number of hydrogen-bond acceptors (Lipinski definition) is 6. The maximum atomic E-state index is 12.9. The van der Waals surface area contributed by atoms with E-state index in [4.69, 9.17) is 14.5 Å². The first-order chi connectivity index (χ1) is 18.7. The third kappa shape index (κ3) is 6.36. The van der Waals surface area contributed by atoms with Gasteiger partial charge in [-0.25, -0.2) is 4.79 Å². The van der Waals surface area contributed by atoms with E-state index in [1.54, 1.807) is 7.11 Å². The molecule has 206 valence electrons. The summed E-state index contributed by atoms with van der Waals surface area (Å²) in [4.78, 5) is 20.2. The van der Waals surface area contributed by atoms with Gasteiger partial charge in [-0.2, -0.15) is 0 Å². The number of benzene rings is 2. The molecule has 3 aromatic rings. The molecule has 2 aliphatic heterocycles. The predicted molar refractivity (Wildman–Crippen MR) is 154 cm³/mol. The molecule has 0 radical (unpaired) electrons. The summed E-state index contributed by atoms with van der Waals surface area (Å²) in [5.41, 5.74) is 6.46. The normalized spacial score (nSPS) is 20.9. The number of aryl methyl sites for hydroxylation is 1. The van der Waals surface area contributed by atoms with Crippen LogP contribution in [0.5, 0.6) is 5.75 Å². The summed E-state index contributed by atoms with van der Waals surface area (Å²) < 4.78 is 11.5. The van der Waals surface area contributed by atoms with E-state index in [1.165, 1.54) is 22.3 Å². The number of pyridine rings is 1. The van der Waals surface area contributed by atoms with Gasteiger partial charge in [0, 0.05) is 49.5 Å². The molecule has 7 nitrogen and oxygen atoms in total. The molecule has 3 heterocycles. The van der Waals surface area contributed by atoms with Crippen LogP contribution in [-0.4, -0.2) is 47.8 Å². The van der Waals surface area contributed by atoms with Crippen LogP contribution in [0.3, 0.4) is 0 Å². The Bertz CT molecular complexity index is 1300. The molecular weight excluding hydrogens is 488 g/mol. The number of fused-ring (bicyclic) bond motifs is 3. The van der Waals surface area contributed by atoms with Gasteiger partial charge in [-0.05, 0) is 87.1 Å². The summed E-state index contributed by atoms with van der Waals surface area (Å²) in [6.07, 6.45) is 3.22. The molecule has 0 unspecified atom stereocenters. The van der Waals surface area contributed by atoms with Gasteiger partial charge in [-0.3, -0.25) is 9.88 Å². The zero-order chi connectivity index (χ0) is 27.6. The average Bonchev–Trinajstić information content (AvgIpc) is 2.90. The van der Waals surface area contributed by atoms with E-state index in [0.717, 1.165) is 49.6 Å². The number of methoxy groups -OCH3 is 1. The number of rotatable bonds is 6. The minimum Gasteiger partial charge on any atom is -0.495 e. The van der Waals surface area contributed by atoms with Crippen LogP contribution in [0, 0.1) is 6.92 Å². The van der Waals surface area contributed by atoms with Crippen molar-refractivity contribution < 1.29 is 14.3 Å². The molecule has 1 aromatic heterocycles. The molecule has 1 saturated heterocycles. The Hall–Kier alpha value is -3.58. The molecule has 7 heteroatoms. The van der Waals surface area contributed by atoms with Crippen LogP contribution >= 0.6 is 0 Å². The van der Waals surface area contributed by atoms with Gasteiger partial charge in [0.2, 0.25) is 0 Å². The molecule has 3 atom stereocenters. The van der Waals surface area contributed by atoms with E-state index in [1.807, 2.05) is 39.1 Å². The Balaban J connectivity index is 1.42. The van der Waals surface area contributed by atoms with Gasteiger partial charge in [0.25, 0.3) is 0 Å². The number of hydrogen-bond donors (Lipinski definition) is 2. The fraction of sp³-hybridized carbons (Fsp3) is 0.438. The van der Waals surface area contributed by atoms with Crippen LogP contribution in [0.15, 0.2) is 60.8 Å². The van der Waals surface area contributed by atoms with E-state index in [-0.39, 0.29) is 24.1 Å². The van der Waals surface area contributed by atoms with Crippen LogP contribution in [0.1, 0.15) is 67.1 Å². The first kappa shape index (κ1) is 27.0. The lowest BCUT2D eigenvalue weighted by Crippen LogP contribution is -2.53. The Morgan fingerprint density at radius 3 is 2.64 bits per heavy atom. The Kier molecular flexibility index (Phi) is 7.80. The van der Waals surface area contributed by atoms with Crippen molar-refractivity contribution in [1.82, 2.24) is 15.2 Å². The number of carbonyl (C=O) groups is 1. The molecule has 2 aliphatic rings. The smallest absolute Gasteiger partial charge is 0.407 e. The second kappa shape index (κ2) is 11.3. The van der Waals surface area contributed by atoms with Crippen molar-refractivity contribution >= 4 is 11.8 Å². The Labute approximate surface area is 231 Å². The van der Waals surface area contributed by atoms with Gasteiger partial charge in [-0.1, -0.05) is 30.3 Å². The SMILES string of the molecule is COc1cc2c(cc1NCc1ccccc1)CCN1C[C@@H](c3cc(C)ccn3)[C@H](NC(=O)OC(C)(C)C)C[C@H]21. The fourth-order valence-electron chi connectivity index (χ4n) is 5.84. The third-order valence-electron chi connectivity index (χ3n) is 7.67. The molecule has 1 amide bonds. The highest BCUT2D eigenvalue weighted by Gasteiger charge is 2.41. The van der Waals surface area contributed by atoms with E-state index in [2.05, 4.69) is 64.9 Å². The summed E-state index contributed by atoms with van der Waals surface area (Å²) in [6.45, 7) is 10.3. The number of amides is 1. The maximum absolute atomic E-state index is 12.9. The number of carbonyl (C=O) groups excluding carboxylic acids is 1. The first-order valence-electron chi connectivity index (χ1n) is 13.8. The first-order valence-corrected chi connectivity index (χ1v) is 13.8. The Morgan fingerprint density at radius 2 is 1.92 bits per heavy atom. The quantitative estimate of drug-likeness (QED) is 0.409. The van der Waals surface area contributed by atoms with E-state index < -0.39 is 5.60 Å². The number of ether oxygens (including phenoxy) is 2. The van der Waals surface area contributed by atoms with Crippen molar-refractivity contribution in [3.63, 3.8) is 0 Å². The van der Waals surface area contributed by atoms with Crippen molar-refractivity contribution in [3.05, 3.63) is 88.7 Å². The number of nitrogens with zero attached hydrogens (tertiary/aromatic N) is 2. The highest BCUT2D eigenvalue weighted by molar-refractivity contribution is 5.68. The molecule has 2 N–H and O–H groups in total. The van der Waals surface area contributed by atoms with Crippen LogP contribution in [0.25, 0.3) is 0 Å². The third-order valence-corrected chi connectivity index (χ3v) is 7.67. The topological polar surface area (TPSA) is 75.7 Å². The zero-order valence-corrected chi connectivity index (χ0v) is 23.7. The van der Waals surface area contributed by atoms with Crippen molar-refractivity contribution in [2.24, 2.45) is 0 Å². The summed E-state index contributed by atoms with van der Waals surface area (Å²) in [7, 11) is 1.73. The lowest BCUT2D eigenvalue weighted by Gasteiger charge is -2.47. The summed E-state index contributed by atoms with van der Waals surface area (Å²) >= 11 is 0. The molecule has 39 heavy (non-hydrogen) atoms. The largest absolute Gasteiger partial charge is 0.495 e. The molecule has 0 aliphatic carbocycles. The number of nitrogens with one attached hydrogen (secondary N) is 2. The maximum Gasteiger partial charge on any atom is 0.407 e. The standard InChI is InChI=1S/C32H40N4O3/c1-21-11-13-33-26(15-21)25-20-36-14-12-23-16-28(34-19-22-9-7-6-8-10-22)30(38-5)17-24(23)29(36)18-27(25)35-31(37)39-32(2,3)4/h6-11,13,15-17,25,27,29,34H,12,14,18-20H2,1-5H3,(H,35,37)/t25-,27+,29+/m0/s1. The Morgan fingerprint density at radius 1 is 1.13 bits per heavy atom. The molecule has 0 spiro atoms. The van der Waals surface area contributed by atoms with Gasteiger partial charge in [0.15, 0.2) is 0 Å². The van der Waals surface area contributed by atoms with Crippen molar-refractivity contribution in [2.75, 3.05) is 25.5 Å². The van der Waals surface area contributed by atoms with E-state index in [9.17, 15) is 4.79 Å². The van der Waals surface area contributed by atoms with Crippen molar-refractivity contribution in [1.29, 1.82) is 0 Å². The zero-order valence-electron chi connectivity index (χ0n) is 23.7. The number of anilines is 1. The number of alkyl carbamates (subject to hydrolysis) is 1. The molecule has 0 saturated carbocycles. The summed E-state index contributed by atoms with van der Waals surface area (Å²) in [6, 6.07) is 19.0. The second-order valence-electron chi connectivity index (χ2n) is 11.7. The van der Waals surface area contributed by atoms with Gasteiger partial charge >= 0.3 is 6.09 Å². The van der Waals surface area contributed by atoms with Crippen LogP contribution < -0.4 is 15.4 Å². The van der Waals surface area contributed by atoms with Crippen LogP contribution in [-0.2, 0) is 17.7 Å². The van der Waals surface area contributed by atoms with Gasteiger partial charge in [0.05, 0.1) is 12.8 Å². The van der Waals surface area contributed by atoms with Gasteiger partial charge in [-0.15, -0.1) is 0 Å². The van der Waals surface area contributed by atoms with Crippen molar-refractivity contribution in [2.45, 2.75) is 70.7 Å². The number of aromatic nitrogens is 1. The molecule has 1 fully saturated rings. The lowest BCUT2D eigenvalue weighted by molar-refractivity contribution is 0.0411. The molecular formula is C32H40N4O3. The fourth-order valence-corrected chi connectivity index (χ4v) is 5.84. The molecule has 2 aromatic carbocycles. The van der Waals surface area contributed by atoms with Crippen LogP contribution in [0.2, 0.25) is 0 Å². The molecule has 0 bridgehead atoms. The van der Waals surface area contributed by atoms with Gasteiger partial charge in [0.1, 0.15) is 11.4 Å². The second-order valence-corrected chi connectivity index (χ2v) is 11.7. The average molecular weight is 529 g/mol. The monoisotopic (exact) mass is 528 g/mol. The summed E-state index contributed by atoms with van der Waals surface area (Å²) in [5.74, 6) is 0.912. The van der Waals surface area contributed by atoms with Crippen LogP contribution in [0.4, 0.5) is 10.5 Å². The van der Waals surface area contributed by atoms with Crippen molar-refractivity contribution in [3.8, 4) is 5.75 Å². The highest BCUT2D eigenvalue weighted by Crippen LogP contribution is 2.44. The predicted octanol–water partition coefficient (Wildman–Crippen LogP) is 5.99. The van der Waals surface area contributed by atoms with E-state index in [0.29, 0.717) is 0 Å². The highest BCUT2D eigenvalue weighted by atomic mass is 16.6. The minimum atomic E-state index is -0.560. The van der Waals surface area contributed by atoms with E-state index >= 15 is 0 Å². The molecule has 5 rings (SSSR count).